The molecule has 0 fully saturated rings. The number of aliphatic carboxylic acids is 1. The summed E-state index contributed by atoms with van der Waals surface area (Å²) in [4.78, 5) is 32.9. The summed E-state index contributed by atoms with van der Waals surface area (Å²) in [6, 6.07) is 0. The molecular formula is C14H23NO6. The van der Waals surface area contributed by atoms with Crippen molar-refractivity contribution in [1.29, 1.82) is 0 Å². The number of hydrogen-bond donors (Lipinski definition) is 2. The lowest BCUT2D eigenvalue weighted by molar-refractivity contribution is -0.147. The Hall–Kier alpha value is -1.89. The molecule has 7 nitrogen and oxygen atoms in total. The minimum atomic E-state index is -1.11. The number of esters is 1. The number of carbonyl (C=O) groups is 3. The summed E-state index contributed by atoms with van der Waals surface area (Å²) in [6.07, 6.45) is 3.63. The molecule has 0 aliphatic carbocycles. The first-order chi connectivity index (χ1) is 10.0. The molecular weight excluding hydrogens is 278 g/mol. The maximum absolute atomic E-state index is 11.5. The van der Waals surface area contributed by atoms with Crippen LogP contribution < -0.4 is 5.32 Å². The maximum Gasteiger partial charge on any atom is 0.329 e. The zero-order chi connectivity index (χ0) is 16.1. The van der Waals surface area contributed by atoms with Crippen LogP contribution in [0.1, 0.15) is 26.2 Å². The molecule has 0 aromatic rings. The number of unbranched alkanes of at least 4 members (excludes halogenated alkanes) is 1. The van der Waals surface area contributed by atoms with Gasteiger partial charge in [-0.1, -0.05) is 12.5 Å². The van der Waals surface area contributed by atoms with Crippen LogP contribution in [0.3, 0.4) is 0 Å². The molecule has 0 spiro atoms. The first-order valence-electron chi connectivity index (χ1n) is 6.86. The topological polar surface area (TPSA) is 102 Å². The predicted molar refractivity (Wildman–Crippen MR) is 75.6 cm³/mol. The summed E-state index contributed by atoms with van der Waals surface area (Å²) in [5.41, 5.74) is 0. The van der Waals surface area contributed by atoms with Gasteiger partial charge >= 0.3 is 11.9 Å². The van der Waals surface area contributed by atoms with E-state index in [1.54, 1.807) is 13.0 Å². The normalized spacial score (nSPS) is 11.5. The van der Waals surface area contributed by atoms with E-state index in [1.165, 1.54) is 0 Å². The van der Waals surface area contributed by atoms with E-state index >= 15 is 0 Å². The minimum Gasteiger partial charge on any atom is -0.480 e. The Morgan fingerprint density at radius 2 is 2.00 bits per heavy atom. The first-order valence-corrected chi connectivity index (χ1v) is 6.86. The highest BCUT2D eigenvalue weighted by atomic mass is 16.5. The number of amides is 1. The Morgan fingerprint density at radius 1 is 1.29 bits per heavy atom. The lowest BCUT2D eigenvalue weighted by Crippen LogP contribution is -2.29. The SMILES string of the molecule is C=C[C@@H](CCCCNC(=O)COCC(=O)O)C(=O)OCC. The van der Waals surface area contributed by atoms with Gasteiger partial charge in [-0.05, 0) is 19.8 Å². The third-order valence-corrected chi connectivity index (χ3v) is 2.60. The molecule has 0 aromatic heterocycles. The highest BCUT2D eigenvalue weighted by molar-refractivity contribution is 5.77. The number of carboxylic acids is 1. The van der Waals surface area contributed by atoms with E-state index in [0.717, 1.165) is 6.42 Å². The van der Waals surface area contributed by atoms with Crippen molar-refractivity contribution in [3.05, 3.63) is 12.7 Å². The van der Waals surface area contributed by atoms with Gasteiger partial charge in [0.25, 0.3) is 0 Å². The molecule has 21 heavy (non-hydrogen) atoms. The lowest BCUT2D eigenvalue weighted by Gasteiger charge is -2.11. The molecule has 0 saturated heterocycles. The average molecular weight is 301 g/mol. The number of carboxylic acid groups (broad SMARTS) is 1. The monoisotopic (exact) mass is 301 g/mol. The third kappa shape index (κ3) is 10.5. The average Bonchev–Trinajstić information content (AvgIpc) is 2.42. The quantitative estimate of drug-likeness (QED) is 0.313. The fraction of sp³-hybridized carbons (Fsp3) is 0.643. The summed E-state index contributed by atoms with van der Waals surface area (Å²) in [5, 5.41) is 10.9. The van der Waals surface area contributed by atoms with Crippen LogP contribution in [0.25, 0.3) is 0 Å². The van der Waals surface area contributed by atoms with Crippen LogP contribution in [-0.4, -0.2) is 49.3 Å². The number of nitrogens with one attached hydrogen (secondary N) is 1. The molecule has 0 aliphatic heterocycles. The van der Waals surface area contributed by atoms with Crippen LogP contribution >= 0.6 is 0 Å². The molecule has 120 valence electrons. The molecule has 0 heterocycles. The second kappa shape index (κ2) is 11.9. The van der Waals surface area contributed by atoms with Gasteiger partial charge in [0.05, 0.1) is 12.5 Å². The van der Waals surface area contributed by atoms with E-state index in [0.29, 0.717) is 26.0 Å². The van der Waals surface area contributed by atoms with Gasteiger partial charge < -0.3 is 19.9 Å². The molecule has 1 amide bonds. The second-order valence-electron chi connectivity index (χ2n) is 4.33. The molecule has 0 bridgehead atoms. The van der Waals surface area contributed by atoms with Crippen molar-refractivity contribution in [2.24, 2.45) is 5.92 Å². The summed E-state index contributed by atoms with van der Waals surface area (Å²) in [6.45, 7) is 5.38. The number of ether oxygens (including phenoxy) is 2. The van der Waals surface area contributed by atoms with Gasteiger partial charge in [0.2, 0.25) is 5.91 Å². The van der Waals surface area contributed by atoms with E-state index in [-0.39, 0.29) is 24.4 Å². The van der Waals surface area contributed by atoms with Crippen molar-refractivity contribution >= 4 is 17.8 Å². The highest BCUT2D eigenvalue weighted by Gasteiger charge is 2.15. The van der Waals surface area contributed by atoms with Crippen LogP contribution in [0.2, 0.25) is 0 Å². The Bertz CT molecular complexity index is 355. The van der Waals surface area contributed by atoms with Crippen LogP contribution in [-0.2, 0) is 23.9 Å². The molecule has 0 radical (unpaired) electrons. The zero-order valence-electron chi connectivity index (χ0n) is 12.3. The van der Waals surface area contributed by atoms with Crippen molar-refractivity contribution in [3.8, 4) is 0 Å². The van der Waals surface area contributed by atoms with Gasteiger partial charge in [-0.25, -0.2) is 4.79 Å². The predicted octanol–water partition coefficient (Wildman–Crippen LogP) is 0.739. The molecule has 2 N–H and O–H groups in total. The number of rotatable bonds is 12. The summed E-state index contributed by atoms with van der Waals surface area (Å²) in [5.74, 6) is -2.07. The van der Waals surface area contributed by atoms with E-state index in [4.69, 9.17) is 9.84 Å². The summed E-state index contributed by atoms with van der Waals surface area (Å²) < 4.78 is 9.55. The van der Waals surface area contributed by atoms with Gasteiger partial charge in [0, 0.05) is 6.54 Å². The Morgan fingerprint density at radius 3 is 2.57 bits per heavy atom. The van der Waals surface area contributed by atoms with Crippen LogP contribution in [0.15, 0.2) is 12.7 Å². The number of hydrogen-bond acceptors (Lipinski definition) is 5. The molecule has 7 heteroatoms. The lowest BCUT2D eigenvalue weighted by atomic mass is 10.0. The van der Waals surface area contributed by atoms with Crippen molar-refractivity contribution in [1.82, 2.24) is 5.32 Å². The fourth-order valence-electron chi connectivity index (χ4n) is 1.58. The third-order valence-electron chi connectivity index (χ3n) is 2.60. The van der Waals surface area contributed by atoms with Gasteiger partial charge in [-0.3, -0.25) is 9.59 Å². The maximum atomic E-state index is 11.5. The van der Waals surface area contributed by atoms with E-state index < -0.39 is 12.6 Å². The highest BCUT2D eigenvalue weighted by Crippen LogP contribution is 2.11. The van der Waals surface area contributed by atoms with Gasteiger partial charge in [0.1, 0.15) is 13.2 Å². The fourth-order valence-corrected chi connectivity index (χ4v) is 1.58. The van der Waals surface area contributed by atoms with Crippen LogP contribution in [0.4, 0.5) is 0 Å². The van der Waals surface area contributed by atoms with Gasteiger partial charge in [0.15, 0.2) is 0 Å². The van der Waals surface area contributed by atoms with E-state index in [9.17, 15) is 14.4 Å². The van der Waals surface area contributed by atoms with Crippen molar-refractivity contribution < 1.29 is 29.0 Å². The minimum absolute atomic E-state index is 0.273. The molecule has 0 rings (SSSR count). The Labute approximate surface area is 124 Å². The van der Waals surface area contributed by atoms with Crippen molar-refractivity contribution in [2.75, 3.05) is 26.4 Å². The Kier molecular flexibility index (Phi) is 10.8. The standard InChI is InChI=1S/C14H23NO6/c1-3-11(14(19)21-4-2)7-5-6-8-15-12(16)9-20-10-13(17)18/h3,11H,1,4-10H2,2H3,(H,15,16)(H,17,18)/t11-/m0/s1. The Balaban J connectivity index is 3.65. The molecule has 0 aromatic carbocycles. The molecule has 0 saturated carbocycles. The first kappa shape index (κ1) is 19.1. The second-order valence-corrected chi connectivity index (χ2v) is 4.33. The molecule has 0 unspecified atom stereocenters. The smallest absolute Gasteiger partial charge is 0.329 e. The van der Waals surface area contributed by atoms with Crippen molar-refractivity contribution in [3.63, 3.8) is 0 Å². The van der Waals surface area contributed by atoms with E-state index in [1.807, 2.05) is 0 Å². The van der Waals surface area contributed by atoms with Gasteiger partial charge in [-0.15, -0.1) is 6.58 Å². The molecule has 0 aliphatic rings. The van der Waals surface area contributed by atoms with E-state index in [2.05, 4.69) is 16.6 Å². The van der Waals surface area contributed by atoms with Crippen molar-refractivity contribution in [2.45, 2.75) is 26.2 Å². The molecule has 1 atom stereocenters. The number of carbonyl (C=O) groups excluding carboxylic acids is 2. The van der Waals surface area contributed by atoms with Gasteiger partial charge in [-0.2, -0.15) is 0 Å². The summed E-state index contributed by atoms with van der Waals surface area (Å²) in [7, 11) is 0. The zero-order valence-corrected chi connectivity index (χ0v) is 12.3. The largest absolute Gasteiger partial charge is 0.480 e. The summed E-state index contributed by atoms with van der Waals surface area (Å²) >= 11 is 0. The van der Waals surface area contributed by atoms with Crippen LogP contribution in [0, 0.1) is 5.92 Å². The van der Waals surface area contributed by atoms with Crippen LogP contribution in [0.5, 0.6) is 0 Å².